The molecular weight excluding hydrogens is 386 g/mol. The molecule has 2 bridgehead atoms. The van der Waals surface area contributed by atoms with Gasteiger partial charge in [-0.2, -0.15) is 5.10 Å². The number of ether oxygens (including phenoxy) is 2. The summed E-state index contributed by atoms with van der Waals surface area (Å²) in [4.78, 5) is 28.4. The monoisotopic (exact) mass is 413 g/mol. The molecule has 30 heavy (non-hydrogen) atoms. The Bertz CT molecular complexity index is 981. The normalized spacial score (nSPS) is 28.2. The largest absolute Gasteiger partial charge is 0.412 e. The second-order valence-electron chi connectivity index (χ2n) is 8.50. The van der Waals surface area contributed by atoms with Gasteiger partial charge >= 0.3 is 12.1 Å². The average molecular weight is 413 g/mol. The van der Waals surface area contributed by atoms with Crippen LogP contribution in [0.15, 0.2) is 18.2 Å². The van der Waals surface area contributed by atoms with Gasteiger partial charge in [0.15, 0.2) is 5.69 Å². The number of carbonyl (C=O) groups excluding carboxylic acids is 2. The molecule has 1 amide bonds. The van der Waals surface area contributed by atoms with E-state index in [2.05, 4.69) is 25.7 Å². The minimum absolute atomic E-state index is 0.142. The van der Waals surface area contributed by atoms with E-state index < -0.39 is 12.1 Å². The van der Waals surface area contributed by atoms with Crippen LogP contribution in [0.3, 0.4) is 0 Å². The molecular formula is C21H27N5O4. The van der Waals surface area contributed by atoms with Crippen LogP contribution in [0.4, 0.5) is 10.5 Å². The predicted molar refractivity (Wildman–Crippen MR) is 111 cm³/mol. The number of hydrogen-bond donors (Lipinski definition) is 1. The molecule has 4 fully saturated rings. The Kier molecular flexibility index (Phi) is 4.86. The number of fused-ring (bicyclic) bond motifs is 4. The lowest BCUT2D eigenvalue weighted by Gasteiger charge is -2.44. The van der Waals surface area contributed by atoms with Crippen molar-refractivity contribution in [1.82, 2.24) is 14.7 Å². The molecule has 4 aliphatic heterocycles. The van der Waals surface area contributed by atoms with Gasteiger partial charge in [0.25, 0.3) is 0 Å². The summed E-state index contributed by atoms with van der Waals surface area (Å²) in [5.41, 5.74) is 7.18. The van der Waals surface area contributed by atoms with E-state index in [1.54, 1.807) is 7.11 Å². The Morgan fingerprint density at radius 3 is 2.57 bits per heavy atom. The summed E-state index contributed by atoms with van der Waals surface area (Å²) in [6.45, 7) is 4.93. The molecule has 0 aliphatic carbocycles. The molecule has 2 aromatic rings. The molecule has 5 heterocycles. The van der Waals surface area contributed by atoms with E-state index in [0.29, 0.717) is 11.3 Å². The molecule has 160 valence electrons. The number of benzene rings is 1. The summed E-state index contributed by atoms with van der Waals surface area (Å²) in [6, 6.07) is 6.18. The van der Waals surface area contributed by atoms with Crippen LogP contribution in [0.25, 0.3) is 10.9 Å². The first-order valence-corrected chi connectivity index (χ1v) is 10.6. The lowest BCUT2D eigenvalue weighted by Crippen LogP contribution is -2.48. The molecule has 0 radical (unpaired) electrons. The third-order valence-corrected chi connectivity index (χ3v) is 6.86. The van der Waals surface area contributed by atoms with Crippen molar-refractivity contribution in [3.63, 3.8) is 0 Å². The van der Waals surface area contributed by atoms with Crippen LogP contribution in [0.5, 0.6) is 0 Å². The Morgan fingerprint density at radius 2 is 1.93 bits per heavy atom. The predicted octanol–water partition coefficient (Wildman–Crippen LogP) is 1.76. The van der Waals surface area contributed by atoms with E-state index >= 15 is 0 Å². The van der Waals surface area contributed by atoms with Crippen molar-refractivity contribution >= 4 is 28.7 Å². The van der Waals surface area contributed by atoms with Crippen LogP contribution < -0.4 is 10.6 Å². The Hall–Kier alpha value is -2.65. The van der Waals surface area contributed by atoms with Crippen molar-refractivity contribution in [2.24, 2.45) is 11.7 Å². The minimum atomic E-state index is -1.12. The van der Waals surface area contributed by atoms with Crippen LogP contribution in [0.2, 0.25) is 0 Å². The Labute approximate surface area is 174 Å². The summed E-state index contributed by atoms with van der Waals surface area (Å²) in [6.07, 6.45) is 2.37. The fourth-order valence-electron chi connectivity index (χ4n) is 5.23. The van der Waals surface area contributed by atoms with Crippen molar-refractivity contribution in [2.75, 3.05) is 44.7 Å². The van der Waals surface area contributed by atoms with Crippen molar-refractivity contribution < 1.29 is 19.1 Å². The third-order valence-electron chi connectivity index (χ3n) is 6.86. The summed E-state index contributed by atoms with van der Waals surface area (Å²) < 4.78 is 12.1. The molecule has 4 saturated heterocycles. The van der Waals surface area contributed by atoms with E-state index in [0.717, 1.165) is 63.2 Å². The molecule has 9 heteroatoms. The number of piperidine rings is 3. The molecule has 0 saturated carbocycles. The Morgan fingerprint density at radius 1 is 1.13 bits per heavy atom. The zero-order valence-corrected chi connectivity index (χ0v) is 17.1. The van der Waals surface area contributed by atoms with Crippen LogP contribution in [-0.2, 0) is 9.47 Å². The van der Waals surface area contributed by atoms with E-state index in [4.69, 9.17) is 10.5 Å². The van der Waals surface area contributed by atoms with Crippen molar-refractivity contribution in [3.05, 3.63) is 23.9 Å². The minimum Gasteiger partial charge on any atom is -0.380 e. The van der Waals surface area contributed by atoms with Crippen molar-refractivity contribution in [2.45, 2.75) is 31.4 Å². The van der Waals surface area contributed by atoms with Gasteiger partial charge in [-0.25, -0.2) is 9.59 Å². The van der Waals surface area contributed by atoms with Gasteiger partial charge in [-0.15, -0.1) is 0 Å². The van der Waals surface area contributed by atoms with Crippen molar-refractivity contribution in [1.29, 1.82) is 0 Å². The van der Waals surface area contributed by atoms with Gasteiger partial charge in [0.2, 0.25) is 0 Å². The average Bonchev–Trinajstić information content (AvgIpc) is 3.38. The fraction of sp³-hybridized carbons (Fsp3) is 0.571. The van der Waals surface area contributed by atoms with Crippen LogP contribution >= 0.6 is 0 Å². The lowest BCUT2D eigenvalue weighted by molar-refractivity contribution is 0.0518. The molecule has 4 aliphatic rings. The number of anilines is 1. The summed E-state index contributed by atoms with van der Waals surface area (Å²) in [5, 5.41) is 5.33. The maximum Gasteiger partial charge on any atom is 0.412 e. The lowest BCUT2D eigenvalue weighted by atomic mass is 9.84. The molecule has 1 aromatic carbocycles. The van der Waals surface area contributed by atoms with Gasteiger partial charge < -0.3 is 25.0 Å². The first kappa shape index (κ1) is 19.3. The van der Waals surface area contributed by atoms with Gasteiger partial charge in [-0.3, -0.25) is 4.68 Å². The molecule has 0 spiro atoms. The molecule has 6 rings (SSSR count). The maximum atomic E-state index is 12.5. The number of carbonyl (C=O) groups is 2. The van der Waals surface area contributed by atoms with E-state index in [9.17, 15) is 9.59 Å². The highest BCUT2D eigenvalue weighted by atomic mass is 16.6. The van der Waals surface area contributed by atoms with Gasteiger partial charge in [0.1, 0.15) is 0 Å². The van der Waals surface area contributed by atoms with E-state index in [1.165, 1.54) is 0 Å². The van der Waals surface area contributed by atoms with Crippen LogP contribution in [-0.4, -0.2) is 72.7 Å². The maximum absolute atomic E-state index is 12.5. The standard InChI is InChI=1S/C21H27N5O4/c1-29-15-6-9-25(11-15)14-2-3-16-17(10-14)26(23-19(16)20(27)30-21(22)28)18-12-24-7-4-13(18)5-8-24/h2-3,10,13,15,18H,4-9,11-12H2,1H3,(H2,22,28)/t15?,18-/m0/s1. The highest BCUT2D eigenvalue weighted by Gasteiger charge is 2.37. The third kappa shape index (κ3) is 3.31. The number of nitrogens with two attached hydrogens (primary N) is 1. The zero-order chi connectivity index (χ0) is 20.8. The highest BCUT2D eigenvalue weighted by molar-refractivity contribution is 6.05. The summed E-state index contributed by atoms with van der Waals surface area (Å²) in [5.74, 6) is -0.271. The van der Waals surface area contributed by atoms with Gasteiger partial charge in [0, 0.05) is 37.8 Å². The number of amides is 1. The van der Waals surface area contributed by atoms with Gasteiger partial charge in [0.05, 0.1) is 17.7 Å². The van der Waals surface area contributed by atoms with Gasteiger partial charge in [-0.05, 0) is 56.5 Å². The molecule has 1 aromatic heterocycles. The number of aromatic nitrogens is 2. The highest BCUT2D eigenvalue weighted by Crippen LogP contribution is 2.38. The first-order chi connectivity index (χ1) is 14.5. The first-order valence-electron chi connectivity index (χ1n) is 10.6. The SMILES string of the molecule is COC1CCN(c2ccc3c(C(=O)OC(N)=O)nn([C@H]4CN5CCC4CC5)c3c2)C1. The summed E-state index contributed by atoms with van der Waals surface area (Å²) >= 11 is 0. The quantitative estimate of drug-likeness (QED) is 0.602. The number of esters is 1. The fourth-order valence-corrected chi connectivity index (χ4v) is 5.23. The molecule has 9 nitrogen and oxygen atoms in total. The topological polar surface area (TPSA) is 103 Å². The number of methoxy groups -OCH3 is 1. The number of nitrogens with zero attached hydrogens (tertiary/aromatic N) is 4. The van der Waals surface area contributed by atoms with Crippen molar-refractivity contribution in [3.8, 4) is 0 Å². The molecule has 2 N–H and O–H groups in total. The molecule has 2 atom stereocenters. The van der Waals surface area contributed by atoms with E-state index in [1.807, 2.05) is 16.8 Å². The van der Waals surface area contributed by atoms with E-state index in [-0.39, 0.29) is 17.8 Å². The second kappa shape index (κ2) is 7.55. The smallest absolute Gasteiger partial charge is 0.380 e. The Balaban J connectivity index is 1.57. The number of hydrogen-bond acceptors (Lipinski definition) is 7. The van der Waals surface area contributed by atoms with Crippen LogP contribution in [0, 0.1) is 5.92 Å². The zero-order valence-electron chi connectivity index (χ0n) is 17.1. The van der Waals surface area contributed by atoms with Crippen LogP contribution in [0.1, 0.15) is 35.8 Å². The second-order valence-corrected chi connectivity index (χ2v) is 8.50. The number of rotatable bonds is 4. The van der Waals surface area contributed by atoms with Gasteiger partial charge in [-0.1, -0.05) is 0 Å². The summed E-state index contributed by atoms with van der Waals surface area (Å²) in [7, 11) is 1.75. The molecule has 1 unspecified atom stereocenters. The number of primary amides is 1.